The van der Waals surface area contributed by atoms with E-state index in [1.165, 1.54) is 30.3 Å². The van der Waals surface area contributed by atoms with E-state index in [1.54, 1.807) is 6.07 Å². The van der Waals surface area contributed by atoms with Crippen LogP contribution in [-0.2, 0) is 0 Å². The Morgan fingerprint density at radius 3 is 2.64 bits per heavy atom. The quantitative estimate of drug-likeness (QED) is 0.593. The molecule has 3 rings (SSSR count). The normalized spacial score (nSPS) is 10.6. The van der Waals surface area contributed by atoms with Gasteiger partial charge in [0.05, 0.1) is 4.92 Å². The Morgan fingerprint density at radius 2 is 1.91 bits per heavy atom. The van der Waals surface area contributed by atoms with E-state index in [-0.39, 0.29) is 22.7 Å². The first-order valence-electron chi connectivity index (χ1n) is 6.28. The van der Waals surface area contributed by atoms with Crippen LogP contribution >= 0.6 is 0 Å². The third-order valence-corrected chi connectivity index (χ3v) is 3.04. The van der Waals surface area contributed by atoms with Gasteiger partial charge in [-0.1, -0.05) is 12.1 Å². The maximum atomic E-state index is 13.2. The van der Waals surface area contributed by atoms with Crippen LogP contribution < -0.4 is 10.3 Å². The molecule has 6 nitrogen and oxygen atoms in total. The summed E-state index contributed by atoms with van der Waals surface area (Å²) >= 11 is 0. The summed E-state index contributed by atoms with van der Waals surface area (Å²) in [5, 5.41) is 11.4. The Hall–Kier alpha value is -3.22. The number of halogens is 1. The van der Waals surface area contributed by atoms with E-state index in [0.717, 1.165) is 12.1 Å². The summed E-state index contributed by atoms with van der Waals surface area (Å²) in [6.45, 7) is 0. The molecule has 0 aliphatic rings. The first-order valence-corrected chi connectivity index (χ1v) is 6.28. The standard InChI is InChI=1S/C15H9FN2O4/c16-9-3-1-4-10(7-9)22-13-8-14(19)17-15-11(13)5-2-6-12(15)18(20)21/h1-8H,(H,17,19). The van der Waals surface area contributed by atoms with Gasteiger partial charge in [-0.15, -0.1) is 0 Å². The van der Waals surface area contributed by atoms with Crippen LogP contribution in [0.1, 0.15) is 0 Å². The van der Waals surface area contributed by atoms with Crippen molar-refractivity contribution in [3.63, 3.8) is 0 Å². The van der Waals surface area contributed by atoms with Gasteiger partial charge >= 0.3 is 0 Å². The molecule has 3 aromatic rings. The van der Waals surface area contributed by atoms with Gasteiger partial charge in [-0.25, -0.2) is 4.39 Å². The zero-order valence-electron chi connectivity index (χ0n) is 11.1. The molecule has 0 aliphatic carbocycles. The summed E-state index contributed by atoms with van der Waals surface area (Å²) in [6, 6.07) is 10.9. The minimum Gasteiger partial charge on any atom is -0.456 e. The Labute approximate surface area is 122 Å². The van der Waals surface area contributed by atoms with Crippen LogP contribution in [0.4, 0.5) is 10.1 Å². The molecule has 0 aliphatic heterocycles. The molecule has 0 atom stereocenters. The molecule has 0 saturated heterocycles. The van der Waals surface area contributed by atoms with Gasteiger partial charge in [-0.2, -0.15) is 0 Å². The summed E-state index contributed by atoms with van der Waals surface area (Å²) in [7, 11) is 0. The highest BCUT2D eigenvalue weighted by atomic mass is 19.1. The minimum absolute atomic E-state index is 0.0615. The largest absolute Gasteiger partial charge is 0.456 e. The topological polar surface area (TPSA) is 85.2 Å². The number of non-ortho nitro benzene ring substituents is 1. The second-order valence-electron chi connectivity index (χ2n) is 4.51. The first-order chi connectivity index (χ1) is 10.5. The predicted molar refractivity (Wildman–Crippen MR) is 77.7 cm³/mol. The van der Waals surface area contributed by atoms with Gasteiger partial charge in [-0.3, -0.25) is 14.9 Å². The highest BCUT2D eigenvalue weighted by molar-refractivity contribution is 5.91. The van der Waals surface area contributed by atoms with Crippen LogP contribution in [0.3, 0.4) is 0 Å². The monoisotopic (exact) mass is 300 g/mol. The van der Waals surface area contributed by atoms with Gasteiger partial charge in [0.2, 0.25) is 0 Å². The molecule has 1 heterocycles. The van der Waals surface area contributed by atoms with Crippen LogP contribution in [-0.4, -0.2) is 9.91 Å². The number of rotatable bonds is 3. The van der Waals surface area contributed by atoms with Crippen molar-refractivity contribution < 1.29 is 14.1 Å². The number of nitro benzene ring substituents is 1. The fourth-order valence-electron chi connectivity index (χ4n) is 2.13. The van der Waals surface area contributed by atoms with Crippen molar-refractivity contribution in [2.45, 2.75) is 0 Å². The molecule has 0 fully saturated rings. The van der Waals surface area contributed by atoms with Gasteiger partial charge in [0, 0.05) is 23.6 Å². The van der Waals surface area contributed by atoms with Gasteiger partial charge in [0.25, 0.3) is 11.2 Å². The Kier molecular flexibility index (Phi) is 3.30. The van der Waals surface area contributed by atoms with Crippen molar-refractivity contribution in [3.05, 3.63) is 74.8 Å². The third-order valence-electron chi connectivity index (χ3n) is 3.04. The fourth-order valence-corrected chi connectivity index (χ4v) is 2.13. The molecule has 110 valence electrons. The summed E-state index contributed by atoms with van der Waals surface area (Å²) < 4.78 is 18.7. The number of aromatic nitrogens is 1. The number of benzene rings is 2. The molecular formula is C15H9FN2O4. The Bertz CT molecular complexity index is 936. The van der Waals surface area contributed by atoms with Crippen LogP contribution in [0.25, 0.3) is 10.9 Å². The van der Waals surface area contributed by atoms with Crippen LogP contribution in [0.5, 0.6) is 11.5 Å². The number of fused-ring (bicyclic) bond motifs is 1. The van der Waals surface area contributed by atoms with Crippen molar-refractivity contribution in [1.82, 2.24) is 4.98 Å². The van der Waals surface area contributed by atoms with E-state index in [1.807, 2.05) is 0 Å². The molecule has 0 bridgehead atoms. The summed E-state index contributed by atoms with van der Waals surface area (Å²) in [6.07, 6.45) is 0. The lowest BCUT2D eigenvalue weighted by Gasteiger charge is -2.08. The van der Waals surface area contributed by atoms with E-state index < -0.39 is 16.3 Å². The fraction of sp³-hybridized carbons (Fsp3) is 0. The lowest BCUT2D eigenvalue weighted by atomic mass is 10.2. The first kappa shape index (κ1) is 13.7. The molecule has 1 aromatic heterocycles. The summed E-state index contributed by atoms with van der Waals surface area (Å²) in [5.74, 6) is -0.177. The second kappa shape index (κ2) is 5.28. The zero-order valence-corrected chi connectivity index (χ0v) is 11.1. The zero-order chi connectivity index (χ0) is 15.7. The predicted octanol–water partition coefficient (Wildman–Crippen LogP) is 3.37. The van der Waals surface area contributed by atoms with E-state index in [2.05, 4.69) is 4.98 Å². The average Bonchev–Trinajstić information content (AvgIpc) is 2.46. The molecule has 0 unspecified atom stereocenters. The molecule has 2 aromatic carbocycles. The summed E-state index contributed by atoms with van der Waals surface area (Å²) in [4.78, 5) is 24.6. The highest BCUT2D eigenvalue weighted by Gasteiger charge is 2.16. The van der Waals surface area contributed by atoms with Crippen molar-refractivity contribution in [3.8, 4) is 11.5 Å². The molecule has 0 radical (unpaired) electrons. The lowest BCUT2D eigenvalue weighted by molar-refractivity contribution is -0.383. The van der Waals surface area contributed by atoms with Crippen LogP contribution in [0, 0.1) is 15.9 Å². The van der Waals surface area contributed by atoms with Gasteiger partial charge in [0.1, 0.15) is 22.8 Å². The van der Waals surface area contributed by atoms with E-state index in [0.29, 0.717) is 5.39 Å². The number of nitrogens with one attached hydrogen (secondary N) is 1. The Morgan fingerprint density at radius 1 is 1.14 bits per heavy atom. The number of nitro groups is 1. The molecule has 1 N–H and O–H groups in total. The lowest BCUT2D eigenvalue weighted by Crippen LogP contribution is -2.06. The van der Waals surface area contributed by atoms with Crippen molar-refractivity contribution in [2.75, 3.05) is 0 Å². The second-order valence-corrected chi connectivity index (χ2v) is 4.51. The number of para-hydroxylation sites is 1. The number of H-pyrrole nitrogens is 1. The van der Waals surface area contributed by atoms with Gasteiger partial charge in [-0.05, 0) is 18.2 Å². The van der Waals surface area contributed by atoms with Gasteiger partial charge < -0.3 is 9.72 Å². The van der Waals surface area contributed by atoms with Crippen molar-refractivity contribution >= 4 is 16.6 Å². The molecule has 0 spiro atoms. The van der Waals surface area contributed by atoms with Crippen LogP contribution in [0.15, 0.2) is 53.3 Å². The van der Waals surface area contributed by atoms with Crippen LogP contribution in [0.2, 0.25) is 0 Å². The average molecular weight is 300 g/mol. The number of pyridine rings is 1. The molecule has 0 saturated carbocycles. The number of hydrogen-bond donors (Lipinski definition) is 1. The maximum Gasteiger partial charge on any atom is 0.293 e. The highest BCUT2D eigenvalue weighted by Crippen LogP contribution is 2.31. The number of aromatic amines is 1. The minimum atomic E-state index is -0.593. The molecule has 0 amide bonds. The third kappa shape index (κ3) is 2.51. The number of hydrogen-bond acceptors (Lipinski definition) is 4. The Balaban J connectivity index is 2.19. The van der Waals surface area contributed by atoms with E-state index >= 15 is 0 Å². The molecular weight excluding hydrogens is 291 g/mol. The number of nitrogens with zero attached hydrogens (tertiary/aromatic N) is 1. The van der Waals surface area contributed by atoms with Crippen molar-refractivity contribution in [2.24, 2.45) is 0 Å². The maximum absolute atomic E-state index is 13.2. The summed E-state index contributed by atoms with van der Waals surface area (Å²) in [5.41, 5.74) is -0.723. The van der Waals surface area contributed by atoms with Crippen molar-refractivity contribution in [1.29, 1.82) is 0 Å². The number of ether oxygens (including phenoxy) is 1. The SMILES string of the molecule is O=c1cc(Oc2cccc(F)c2)c2cccc([N+](=O)[O-])c2[nH]1. The van der Waals surface area contributed by atoms with E-state index in [9.17, 15) is 19.3 Å². The smallest absolute Gasteiger partial charge is 0.293 e. The molecule has 7 heteroatoms. The van der Waals surface area contributed by atoms with E-state index in [4.69, 9.17) is 4.74 Å². The molecule has 22 heavy (non-hydrogen) atoms. The van der Waals surface area contributed by atoms with Gasteiger partial charge in [0.15, 0.2) is 0 Å².